The summed E-state index contributed by atoms with van der Waals surface area (Å²) in [6, 6.07) is 0. The third kappa shape index (κ3) is 5.32. The first-order valence-electron chi connectivity index (χ1n) is 5.95. The second kappa shape index (κ2) is 8.67. The molecule has 0 spiro atoms. The molecule has 0 aliphatic carbocycles. The molecule has 0 saturated heterocycles. The smallest absolute Gasteiger partial charge is 0.360 e. The van der Waals surface area contributed by atoms with Crippen LogP contribution in [0, 0.1) is 0 Å². The molecule has 2 aromatic heterocycles. The number of carboxylic acids is 1. The Kier molecular flexibility index (Phi) is 7.18. The summed E-state index contributed by atoms with van der Waals surface area (Å²) in [5.74, 6) is -2.27. The van der Waals surface area contributed by atoms with E-state index in [-0.39, 0.29) is 25.1 Å². The minimum Gasteiger partial charge on any atom is -0.476 e. The molecule has 2 rings (SSSR count). The van der Waals surface area contributed by atoms with E-state index >= 15 is 0 Å². The predicted molar refractivity (Wildman–Crippen MR) is 75.3 cm³/mol. The molecular weight excluding hydrogens is 399 g/mol. The van der Waals surface area contributed by atoms with Gasteiger partial charge in [0.15, 0.2) is 11.4 Å². The van der Waals surface area contributed by atoms with Gasteiger partial charge in [-0.3, -0.25) is 0 Å². The third-order valence-corrected chi connectivity index (χ3v) is 2.91. The summed E-state index contributed by atoms with van der Waals surface area (Å²) in [4.78, 5) is 21.1. The van der Waals surface area contributed by atoms with Gasteiger partial charge < -0.3 is 9.84 Å². The van der Waals surface area contributed by atoms with Crippen LogP contribution in [0.25, 0.3) is 0 Å². The number of carbonyl (C=O) groups excluding carboxylic acids is 1. The van der Waals surface area contributed by atoms with Crippen molar-refractivity contribution < 1.29 is 37.0 Å². The van der Waals surface area contributed by atoms with Crippen LogP contribution in [-0.4, -0.2) is 43.7 Å². The van der Waals surface area contributed by atoms with E-state index in [1.54, 1.807) is 0 Å². The normalized spacial score (nSPS) is 10.6. The monoisotopic (exact) mass is 406 g/mol. The summed E-state index contributed by atoms with van der Waals surface area (Å²) in [7, 11) is 1.11. The van der Waals surface area contributed by atoms with Crippen molar-refractivity contribution in [2.24, 2.45) is 0 Å². The van der Waals surface area contributed by atoms with E-state index in [1.807, 2.05) is 0 Å². The van der Waals surface area contributed by atoms with Gasteiger partial charge in [-0.15, -0.1) is 0 Å². The first-order valence-corrected chi connectivity index (χ1v) is 6.71. The summed E-state index contributed by atoms with van der Waals surface area (Å²) in [6.45, 7) is -5.70. The molecule has 0 aliphatic heterocycles. The van der Waals surface area contributed by atoms with Crippen LogP contribution >= 0.6 is 23.2 Å². The molecule has 14 heteroatoms. The highest BCUT2D eigenvalue weighted by molar-refractivity contribution is 6.33. The Bertz CT molecular complexity index is 765. The van der Waals surface area contributed by atoms with Crippen LogP contribution in [0.5, 0.6) is 0 Å². The fourth-order valence-corrected chi connectivity index (χ4v) is 1.75. The molecule has 0 atom stereocenters. The van der Waals surface area contributed by atoms with Gasteiger partial charge in [-0.2, -0.15) is 27.8 Å². The lowest BCUT2D eigenvalue weighted by Crippen LogP contribution is -2.05. The first kappa shape index (κ1) is 20.7. The average Bonchev–Trinajstić information content (AvgIpc) is 3.10. The predicted octanol–water partition coefficient (Wildman–Crippen LogP) is 3.35. The Morgan fingerprint density at radius 1 is 1.04 bits per heavy atom. The van der Waals surface area contributed by atoms with Crippen molar-refractivity contribution in [2.45, 2.75) is 13.1 Å². The molecule has 25 heavy (non-hydrogen) atoms. The molecule has 8 nitrogen and oxygen atoms in total. The van der Waals surface area contributed by atoms with Gasteiger partial charge in [0.05, 0.1) is 29.5 Å². The largest absolute Gasteiger partial charge is 0.476 e. The number of halogens is 6. The molecule has 1 N–H and O–H groups in total. The number of carbonyl (C=O) groups is 2. The van der Waals surface area contributed by atoms with Crippen molar-refractivity contribution >= 4 is 35.1 Å². The summed E-state index contributed by atoms with van der Waals surface area (Å²) in [5, 5.41) is 14.2. The summed E-state index contributed by atoms with van der Waals surface area (Å²) < 4.78 is 52.5. The van der Waals surface area contributed by atoms with Crippen molar-refractivity contribution in [3.63, 3.8) is 0 Å². The molecule has 0 radical (unpaired) electrons. The third-order valence-electron chi connectivity index (χ3n) is 2.36. The molecule has 0 aliphatic rings. The van der Waals surface area contributed by atoms with Crippen molar-refractivity contribution in [1.29, 1.82) is 0 Å². The number of aromatic nitrogens is 4. The van der Waals surface area contributed by atoms with Gasteiger partial charge in [0.2, 0.25) is 0 Å². The molecule has 2 aromatic rings. The Morgan fingerprint density at radius 3 is 1.72 bits per heavy atom. The molecule has 0 amide bonds. The van der Waals surface area contributed by atoms with Crippen LogP contribution < -0.4 is 0 Å². The summed E-state index contributed by atoms with van der Waals surface area (Å²) >= 11 is 10.7. The fourth-order valence-electron chi connectivity index (χ4n) is 1.32. The van der Waals surface area contributed by atoms with E-state index in [1.165, 1.54) is 0 Å². The molecule has 0 saturated carbocycles. The van der Waals surface area contributed by atoms with Gasteiger partial charge in [-0.25, -0.2) is 19.0 Å². The maximum Gasteiger partial charge on any atom is 0.360 e. The van der Waals surface area contributed by atoms with Crippen LogP contribution in [0.1, 0.15) is 34.1 Å². The van der Waals surface area contributed by atoms with Crippen molar-refractivity contribution in [2.75, 3.05) is 7.11 Å². The number of rotatable bonds is 4. The molecular formula is C11H8Cl2F4N4O4. The first-order chi connectivity index (χ1) is 11.6. The lowest BCUT2D eigenvalue weighted by Gasteiger charge is -1.95. The Labute approximate surface area is 146 Å². The Morgan fingerprint density at radius 2 is 1.44 bits per heavy atom. The maximum atomic E-state index is 12.0. The lowest BCUT2D eigenvalue weighted by atomic mass is 10.4. The number of esters is 1. The second-order valence-electron chi connectivity index (χ2n) is 3.96. The van der Waals surface area contributed by atoms with Crippen LogP contribution in [-0.2, 0) is 4.74 Å². The topological polar surface area (TPSA) is 99.2 Å². The van der Waals surface area contributed by atoms with E-state index in [0.29, 0.717) is 0 Å². The molecule has 138 valence electrons. The Balaban J connectivity index is 0.000000251. The minimum absolute atomic E-state index is 0.160. The van der Waals surface area contributed by atoms with Crippen LogP contribution in [0.2, 0.25) is 10.0 Å². The van der Waals surface area contributed by atoms with Gasteiger partial charge in [0.1, 0.15) is 0 Å². The van der Waals surface area contributed by atoms with Crippen LogP contribution in [0.4, 0.5) is 17.6 Å². The van der Waals surface area contributed by atoms with Gasteiger partial charge >= 0.3 is 25.0 Å². The molecule has 2 heterocycles. The quantitative estimate of drug-likeness (QED) is 0.617. The number of carboxylic acid groups (broad SMARTS) is 1. The average molecular weight is 407 g/mol. The van der Waals surface area contributed by atoms with Gasteiger partial charge in [-0.1, -0.05) is 23.2 Å². The zero-order chi connectivity index (χ0) is 19.3. The number of hydrogen-bond acceptors (Lipinski definition) is 5. The maximum absolute atomic E-state index is 12.0. The van der Waals surface area contributed by atoms with E-state index in [2.05, 4.69) is 14.9 Å². The van der Waals surface area contributed by atoms with Crippen LogP contribution in [0.15, 0.2) is 12.4 Å². The fraction of sp³-hybridized carbons (Fsp3) is 0.273. The minimum atomic E-state index is -2.88. The van der Waals surface area contributed by atoms with Gasteiger partial charge in [0, 0.05) is 0 Å². The van der Waals surface area contributed by atoms with Crippen molar-refractivity contribution in [3.05, 3.63) is 33.8 Å². The van der Waals surface area contributed by atoms with E-state index in [9.17, 15) is 27.2 Å². The zero-order valence-electron chi connectivity index (χ0n) is 12.0. The lowest BCUT2D eigenvalue weighted by molar-refractivity contribution is 0.0517. The molecule has 0 aromatic carbocycles. The van der Waals surface area contributed by atoms with E-state index in [0.717, 1.165) is 19.5 Å². The summed E-state index contributed by atoms with van der Waals surface area (Å²) in [5.41, 5.74) is -0.888. The Hall–Kier alpha value is -2.34. The zero-order valence-corrected chi connectivity index (χ0v) is 13.5. The summed E-state index contributed by atoms with van der Waals surface area (Å²) in [6.07, 6.45) is 1.62. The second-order valence-corrected chi connectivity index (χ2v) is 4.78. The highest BCUT2D eigenvalue weighted by Crippen LogP contribution is 2.19. The molecule has 0 fully saturated rings. The highest BCUT2D eigenvalue weighted by atomic mass is 35.5. The van der Waals surface area contributed by atoms with Gasteiger partial charge in [-0.05, 0) is 0 Å². The highest BCUT2D eigenvalue weighted by Gasteiger charge is 2.19. The van der Waals surface area contributed by atoms with E-state index in [4.69, 9.17) is 28.3 Å². The number of hydrogen-bond donors (Lipinski definition) is 1. The number of ether oxygens (including phenoxy) is 1. The molecule has 0 unspecified atom stereocenters. The molecule has 0 bridgehead atoms. The number of aromatic carboxylic acids is 1. The van der Waals surface area contributed by atoms with Crippen molar-refractivity contribution in [1.82, 2.24) is 19.6 Å². The SMILES string of the molecule is COC(=O)c1nn(C(F)F)cc1Cl.O=C(O)c1nn(C(F)F)cc1Cl. The number of nitrogens with zero attached hydrogens (tertiary/aromatic N) is 4. The number of methoxy groups -OCH3 is 1. The van der Waals surface area contributed by atoms with Crippen molar-refractivity contribution in [3.8, 4) is 0 Å². The van der Waals surface area contributed by atoms with E-state index < -0.39 is 30.7 Å². The number of alkyl halides is 4. The van der Waals surface area contributed by atoms with Crippen LogP contribution in [0.3, 0.4) is 0 Å². The standard InChI is InChI=1S/C6H5ClF2N2O2.C5H3ClF2N2O2/c1-13-5(12)4-3(7)2-11(10-4)6(8)9;6-2-1-10(5(7)8)9-3(2)4(11)12/h2,6H,1H3;1,5H,(H,11,12). The van der Waals surface area contributed by atoms with Gasteiger partial charge in [0.25, 0.3) is 0 Å².